The molecule has 0 spiro atoms. The summed E-state index contributed by atoms with van der Waals surface area (Å²) in [6, 6.07) is 15.5. The molecule has 168 valence electrons. The Morgan fingerprint density at radius 1 is 0.636 bits per heavy atom. The molecule has 33 heavy (non-hydrogen) atoms. The minimum Gasteiger partial charge on any atom is -0.493 e. The van der Waals surface area contributed by atoms with Crippen molar-refractivity contribution in [3.8, 4) is 40.0 Å². The molecule has 0 aliphatic carbocycles. The molecular weight excluding hydrogens is 422 g/mol. The van der Waals surface area contributed by atoms with Crippen LogP contribution in [0.15, 0.2) is 52.9 Å². The maximum atomic E-state index is 6.21. The summed E-state index contributed by atoms with van der Waals surface area (Å²) in [6.45, 7) is 0. The highest BCUT2D eigenvalue weighted by atomic mass is 16.5. The maximum absolute atomic E-state index is 6.21. The second-order valence-corrected chi connectivity index (χ2v) is 7.38. The van der Waals surface area contributed by atoms with Crippen LogP contribution in [0.2, 0.25) is 0 Å². The quantitative estimate of drug-likeness (QED) is 0.325. The van der Waals surface area contributed by atoms with Gasteiger partial charge in [-0.25, -0.2) is 4.98 Å². The van der Waals surface area contributed by atoms with Crippen molar-refractivity contribution in [2.45, 2.75) is 0 Å². The van der Waals surface area contributed by atoms with Gasteiger partial charge in [-0.1, -0.05) is 30.3 Å². The summed E-state index contributed by atoms with van der Waals surface area (Å²) in [5, 5.41) is 3.32. The third-order valence-electron chi connectivity index (χ3n) is 5.77. The molecule has 0 atom stereocenters. The van der Waals surface area contributed by atoms with E-state index in [2.05, 4.69) is 0 Å². The molecule has 5 aromatic rings. The summed E-state index contributed by atoms with van der Waals surface area (Å²) < 4.78 is 34.4. The molecule has 0 aliphatic rings. The number of furan rings is 1. The number of nitrogens with zero attached hydrogens (tertiary/aromatic N) is 1. The highest BCUT2D eigenvalue weighted by Gasteiger charge is 2.25. The molecule has 7 nitrogen and oxygen atoms in total. The molecule has 3 aromatic carbocycles. The average Bonchev–Trinajstić information content (AvgIpc) is 3.23. The third kappa shape index (κ3) is 3.08. The molecule has 0 aliphatic heterocycles. The lowest BCUT2D eigenvalue weighted by Crippen LogP contribution is -1.98. The number of fused-ring (bicyclic) bond motifs is 5. The number of hydrogen-bond donors (Lipinski definition) is 0. The van der Waals surface area contributed by atoms with Gasteiger partial charge in [0.05, 0.1) is 52.0 Å². The molecule has 0 saturated carbocycles. The number of methoxy groups -OCH3 is 5. The maximum Gasteiger partial charge on any atom is 0.228 e. The summed E-state index contributed by atoms with van der Waals surface area (Å²) in [7, 11) is 7.99. The molecule has 0 saturated heterocycles. The van der Waals surface area contributed by atoms with Crippen LogP contribution in [0.1, 0.15) is 0 Å². The molecule has 2 aromatic heterocycles. The predicted octanol–water partition coefficient (Wildman–Crippen LogP) is 5.84. The van der Waals surface area contributed by atoms with Gasteiger partial charge in [0.15, 0.2) is 23.0 Å². The fraction of sp³-hybridized carbons (Fsp3) is 0.192. The SMILES string of the molecule is COc1cc2oc3nc(-c4ccccc4)c4c(OC)c(OC)c(OC)cc4c3c2cc1OC. The van der Waals surface area contributed by atoms with E-state index < -0.39 is 0 Å². The molecule has 0 unspecified atom stereocenters. The first-order valence-corrected chi connectivity index (χ1v) is 10.3. The van der Waals surface area contributed by atoms with Crippen molar-refractivity contribution >= 4 is 32.8 Å². The highest BCUT2D eigenvalue weighted by molar-refractivity contribution is 6.22. The highest BCUT2D eigenvalue weighted by Crippen LogP contribution is 2.50. The van der Waals surface area contributed by atoms with E-state index in [-0.39, 0.29) is 0 Å². The van der Waals surface area contributed by atoms with Gasteiger partial charge in [0.2, 0.25) is 11.5 Å². The molecule has 0 bridgehead atoms. The van der Waals surface area contributed by atoms with E-state index in [1.807, 2.05) is 48.5 Å². The van der Waals surface area contributed by atoms with Crippen molar-refractivity contribution in [2.75, 3.05) is 35.5 Å². The molecular formula is C26H23NO6. The Kier molecular flexibility index (Phi) is 5.09. The number of pyridine rings is 1. The van der Waals surface area contributed by atoms with E-state index in [4.69, 9.17) is 33.1 Å². The van der Waals surface area contributed by atoms with Crippen LogP contribution in [-0.2, 0) is 0 Å². The zero-order chi connectivity index (χ0) is 23.1. The van der Waals surface area contributed by atoms with E-state index in [9.17, 15) is 0 Å². The fourth-order valence-corrected chi connectivity index (χ4v) is 4.30. The molecule has 0 N–H and O–H groups in total. The molecule has 0 fully saturated rings. The van der Waals surface area contributed by atoms with Crippen molar-refractivity contribution in [1.29, 1.82) is 0 Å². The Bertz CT molecular complexity index is 1490. The van der Waals surface area contributed by atoms with E-state index >= 15 is 0 Å². The van der Waals surface area contributed by atoms with Crippen molar-refractivity contribution < 1.29 is 28.1 Å². The largest absolute Gasteiger partial charge is 0.493 e. The molecule has 7 heteroatoms. The Labute approximate surface area is 190 Å². The summed E-state index contributed by atoms with van der Waals surface area (Å²) >= 11 is 0. The summed E-state index contributed by atoms with van der Waals surface area (Å²) in [5.41, 5.74) is 2.76. The van der Waals surface area contributed by atoms with Gasteiger partial charge in [0.1, 0.15) is 5.58 Å². The van der Waals surface area contributed by atoms with E-state index in [1.54, 1.807) is 35.5 Å². The normalized spacial score (nSPS) is 11.2. The first-order valence-electron chi connectivity index (χ1n) is 10.3. The average molecular weight is 445 g/mol. The predicted molar refractivity (Wildman–Crippen MR) is 127 cm³/mol. The zero-order valence-electron chi connectivity index (χ0n) is 19.0. The Morgan fingerprint density at radius 3 is 1.91 bits per heavy atom. The van der Waals surface area contributed by atoms with Gasteiger partial charge >= 0.3 is 0 Å². The minimum absolute atomic E-state index is 0.487. The minimum atomic E-state index is 0.487. The standard InChI is InChI=1S/C26H23NO6/c1-28-18-11-15-17(13-19(18)29-2)33-26-21(15)16-12-20(30-3)24(31-4)25(32-5)22(16)23(27-26)14-9-7-6-8-10-14/h6-13H,1-5H3. The number of ether oxygens (including phenoxy) is 5. The fourth-order valence-electron chi connectivity index (χ4n) is 4.30. The van der Waals surface area contributed by atoms with Gasteiger partial charge in [-0.2, -0.15) is 0 Å². The van der Waals surface area contributed by atoms with Crippen LogP contribution in [0, 0.1) is 0 Å². The second-order valence-electron chi connectivity index (χ2n) is 7.38. The first kappa shape index (κ1) is 20.8. The van der Waals surface area contributed by atoms with Crippen molar-refractivity contribution in [1.82, 2.24) is 4.98 Å². The lowest BCUT2D eigenvalue weighted by Gasteiger charge is -2.17. The van der Waals surface area contributed by atoms with Gasteiger partial charge in [0, 0.05) is 22.4 Å². The molecule has 5 rings (SSSR count). The van der Waals surface area contributed by atoms with E-state index in [0.29, 0.717) is 45.7 Å². The van der Waals surface area contributed by atoms with Gasteiger partial charge in [0.25, 0.3) is 0 Å². The van der Waals surface area contributed by atoms with E-state index in [1.165, 1.54) is 0 Å². The first-order chi connectivity index (χ1) is 16.1. The van der Waals surface area contributed by atoms with Gasteiger partial charge in [-0.3, -0.25) is 0 Å². The Hall–Kier alpha value is -4.13. The van der Waals surface area contributed by atoms with Crippen LogP contribution in [0.5, 0.6) is 28.7 Å². The molecule has 0 radical (unpaired) electrons. The lowest BCUT2D eigenvalue weighted by atomic mass is 9.98. The van der Waals surface area contributed by atoms with Crippen molar-refractivity contribution in [3.63, 3.8) is 0 Å². The van der Waals surface area contributed by atoms with Crippen LogP contribution in [0.4, 0.5) is 0 Å². The summed E-state index contributed by atoms with van der Waals surface area (Å²) in [4.78, 5) is 4.94. The smallest absolute Gasteiger partial charge is 0.228 e. The number of rotatable bonds is 6. The lowest BCUT2D eigenvalue weighted by molar-refractivity contribution is 0.327. The van der Waals surface area contributed by atoms with Gasteiger partial charge < -0.3 is 28.1 Å². The van der Waals surface area contributed by atoms with Crippen molar-refractivity contribution in [2.24, 2.45) is 0 Å². The van der Waals surface area contributed by atoms with E-state index in [0.717, 1.165) is 27.1 Å². The Morgan fingerprint density at radius 2 is 1.27 bits per heavy atom. The molecule has 2 heterocycles. The topological polar surface area (TPSA) is 72.2 Å². The molecule has 0 amide bonds. The van der Waals surface area contributed by atoms with Crippen LogP contribution in [0.25, 0.3) is 44.1 Å². The van der Waals surface area contributed by atoms with Crippen molar-refractivity contribution in [3.05, 3.63) is 48.5 Å². The van der Waals surface area contributed by atoms with Crippen LogP contribution in [-0.4, -0.2) is 40.5 Å². The number of aromatic nitrogens is 1. The monoisotopic (exact) mass is 445 g/mol. The number of benzene rings is 3. The van der Waals surface area contributed by atoms with Crippen LogP contribution < -0.4 is 23.7 Å². The summed E-state index contributed by atoms with van der Waals surface area (Å²) in [5.74, 6) is 2.75. The third-order valence-corrected chi connectivity index (χ3v) is 5.77. The second kappa shape index (κ2) is 8.09. The zero-order valence-corrected chi connectivity index (χ0v) is 19.0. The van der Waals surface area contributed by atoms with Crippen LogP contribution >= 0.6 is 0 Å². The number of hydrogen-bond acceptors (Lipinski definition) is 7. The van der Waals surface area contributed by atoms with Gasteiger partial charge in [-0.15, -0.1) is 0 Å². The van der Waals surface area contributed by atoms with Gasteiger partial charge in [-0.05, 0) is 12.1 Å². The van der Waals surface area contributed by atoms with Crippen LogP contribution in [0.3, 0.4) is 0 Å². The summed E-state index contributed by atoms with van der Waals surface area (Å²) in [6.07, 6.45) is 0. The Balaban J connectivity index is 2.04.